The Balaban J connectivity index is 2.26. The molecule has 0 aliphatic rings. The van der Waals surface area contributed by atoms with Gasteiger partial charge in [-0.3, -0.25) is 0 Å². The lowest BCUT2D eigenvalue weighted by atomic mass is 9.77. The van der Waals surface area contributed by atoms with Crippen molar-refractivity contribution in [3.05, 3.63) is 71.3 Å². The van der Waals surface area contributed by atoms with Crippen LogP contribution in [0.5, 0.6) is 0 Å². The van der Waals surface area contributed by atoms with E-state index in [0.717, 1.165) is 5.56 Å². The van der Waals surface area contributed by atoms with E-state index >= 15 is 0 Å². The lowest BCUT2D eigenvalue weighted by molar-refractivity contribution is 0.0981. The average Bonchev–Trinajstić information content (AvgIpc) is 2.43. The Bertz CT molecular complexity index is 559. The highest BCUT2D eigenvalue weighted by atomic mass is 19.1. The third-order valence-electron chi connectivity index (χ3n) is 3.81. The molecule has 0 heterocycles. The number of benzene rings is 2. The molecule has 0 aromatic heterocycles. The van der Waals surface area contributed by atoms with E-state index in [0.29, 0.717) is 0 Å². The minimum absolute atomic E-state index is 0.0552. The van der Waals surface area contributed by atoms with Gasteiger partial charge in [0.1, 0.15) is 11.6 Å². The first-order valence-corrected chi connectivity index (χ1v) is 6.59. The molecule has 106 valence electrons. The molecule has 1 N–H and O–H groups in total. The number of hydrogen-bond donors (Lipinski definition) is 1. The summed E-state index contributed by atoms with van der Waals surface area (Å²) in [5, 5.41) is 10.4. The Kier molecular flexibility index (Phi) is 4.19. The van der Waals surface area contributed by atoms with E-state index in [2.05, 4.69) is 0 Å². The number of halogens is 2. The fourth-order valence-electron chi connectivity index (χ4n) is 2.24. The van der Waals surface area contributed by atoms with E-state index in [4.69, 9.17) is 0 Å². The van der Waals surface area contributed by atoms with Crippen molar-refractivity contribution in [3.8, 4) is 0 Å². The molecule has 0 radical (unpaired) electrons. The molecule has 0 aliphatic carbocycles. The van der Waals surface area contributed by atoms with Crippen molar-refractivity contribution >= 4 is 0 Å². The second-order valence-corrected chi connectivity index (χ2v) is 5.51. The SMILES string of the molecule is CC(C)(c1ccccc1)C(O)Cc1c(F)cccc1F. The van der Waals surface area contributed by atoms with Crippen molar-refractivity contribution in [2.24, 2.45) is 0 Å². The maximum absolute atomic E-state index is 13.7. The summed E-state index contributed by atoms with van der Waals surface area (Å²) in [6.45, 7) is 3.73. The van der Waals surface area contributed by atoms with Crippen molar-refractivity contribution < 1.29 is 13.9 Å². The highest BCUT2D eigenvalue weighted by Crippen LogP contribution is 2.30. The van der Waals surface area contributed by atoms with Crippen LogP contribution in [0.4, 0.5) is 8.78 Å². The van der Waals surface area contributed by atoms with Crippen molar-refractivity contribution in [2.75, 3.05) is 0 Å². The van der Waals surface area contributed by atoms with Crippen LogP contribution >= 0.6 is 0 Å². The molecule has 0 amide bonds. The lowest BCUT2D eigenvalue weighted by Crippen LogP contribution is -2.35. The predicted octanol–water partition coefficient (Wildman–Crippen LogP) is 3.85. The van der Waals surface area contributed by atoms with Crippen LogP contribution in [0.1, 0.15) is 25.0 Å². The zero-order chi connectivity index (χ0) is 14.8. The molecule has 0 saturated carbocycles. The lowest BCUT2D eigenvalue weighted by Gasteiger charge is -2.31. The van der Waals surface area contributed by atoms with E-state index in [1.807, 2.05) is 44.2 Å². The van der Waals surface area contributed by atoms with Crippen molar-refractivity contribution in [1.29, 1.82) is 0 Å². The summed E-state index contributed by atoms with van der Waals surface area (Å²) in [7, 11) is 0. The molecule has 1 nitrogen and oxygen atoms in total. The fraction of sp³-hybridized carbons (Fsp3) is 0.294. The van der Waals surface area contributed by atoms with Crippen molar-refractivity contribution in [3.63, 3.8) is 0 Å². The van der Waals surface area contributed by atoms with Gasteiger partial charge in [0, 0.05) is 17.4 Å². The smallest absolute Gasteiger partial charge is 0.129 e. The maximum atomic E-state index is 13.7. The van der Waals surface area contributed by atoms with Crippen LogP contribution < -0.4 is 0 Å². The molecule has 1 atom stereocenters. The second kappa shape index (κ2) is 5.71. The molecule has 0 spiro atoms. The molecule has 3 heteroatoms. The van der Waals surface area contributed by atoms with Crippen molar-refractivity contribution in [1.82, 2.24) is 0 Å². The van der Waals surface area contributed by atoms with Gasteiger partial charge < -0.3 is 5.11 Å². The first kappa shape index (κ1) is 14.7. The van der Waals surface area contributed by atoms with Crippen LogP contribution in [0.25, 0.3) is 0 Å². The van der Waals surface area contributed by atoms with E-state index < -0.39 is 23.2 Å². The van der Waals surface area contributed by atoms with Gasteiger partial charge in [-0.05, 0) is 17.7 Å². The van der Waals surface area contributed by atoms with Crippen LogP contribution in [-0.2, 0) is 11.8 Å². The Morgan fingerprint density at radius 1 is 0.950 bits per heavy atom. The number of rotatable bonds is 4. The molecule has 0 fully saturated rings. The van der Waals surface area contributed by atoms with E-state index in [1.54, 1.807) is 0 Å². The Morgan fingerprint density at radius 2 is 1.50 bits per heavy atom. The minimum atomic E-state index is -0.878. The van der Waals surface area contributed by atoms with Gasteiger partial charge in [-0.1, -0.05) is 50.2 Å². The Morgan fingerprint density at radius 3 is 2.05 bits per heavy atom. The summed E-state index contributed by atoms with van der Waals surface area (Å²) in [6, 6.07) is 13.2. The third-order valence-corrected chi connectivity index (χ3v) is 3.81. The van der Waals surface area contributed by atoms with Gasteiger partial charge in [0.2, 0.25) is 0 Å². The third kappa shape index (κ3) is 2.88. The summed E-state index contributed by atoms with van der Waals surface area (Å²) in [5.41, 5.74) is 0.281. The van der Waals surface area contributed by atoms with Gasteiger partial charge in [-0.25, -0.2) is 8.78 Å². The molecule has 1 unspecified atom stereocenters. The van der Waals surface area contributed by atoms with Crippen molar-refractivity contribution in [2.45, 2.75) is 31.8 Å². The molecular weight excluding hydrogens is 258 g/mol. The van der Waals surface area contributed by atoms with Gasteiger partial charge in [0.15, 0.2) is 0 Å². The molecule has 2 aromatic rings. The highest BCUT2D eigenvalue weighted by molar-refractivity contribution is 5.27. The Hall–Kier alpha value is -1.74. The van der Waals surface area contributed by atoms with Gasteiger partial charge in [0.25, 0.3) is 0 Å². The normalized spacial score (nSPS) is 13.2. The summed E-state index contributed by atoms with van der Waals surface area (Å²) >= 11 is 0. The largest absolute Gasteiger partial charge is 0.392 e. The fourth-order valence-corrected chi connectivity index (χ4v) is 2.24. The summed E-state index contributed by atoms with van der Waals surface area (Å²) in [6.07, 6.45) is -0.934. The summed E-state index contributed by atoms with van der Waals surface area (Å²) in [5.74, 6) is -1.24. The van der Waals surface area contributed by atoms with Gasteiger partial charge in [-0.15, -0.1) is 0 Å². The molecule has 2 rings (SSSR count). The number of aliphatic hydroxyl groups excluding tert-OH is 1. The quantitative estimate of drug-likeness (QED) is 0.899. The monoisotopic (exact) mass is 276 g/mol. The minimum Gasteiger partial charge on any atom is -0.392 e. The van der Waals surface area contributed by atoms with E-state index in [-0.39, 0.29) is 12.0 Å². The molecule has 2 aromatic carbocycles. The van der Waals surface area contributed by atoms with Crippen LogP contribution in [-0.4, -0.2) is 11.2 Å². The van der Waals surface area contributed by atoms with Crippen LogP contribution in [0.3, 0.4) is 0 Å². The second-order valence-electron chi connectivity index (χ2n) is 5.51. The number of aliphatic hydroxyl groups is 1. The predicted molar refractivity (Wildman–Crippen MR) is 75.5 cm³/mol. The van der Waals surface area contributed by atoms with Crippen LogP contribution in [0.15, 0.2) is 48.5 Å². The molecule has 0 aliphatic heterocycles. The number of hydrogen-bond acceptors (Lipinski definition) is 1. The topological polar surface area (TPSA) is 20.2 Å². The van der Waals surface area contributed by atoms with Gasteiger partial charge >= 0.3 is 0 Å². The maximum Gasteiger partial charge on any atom is 0.129 e. The van der Waals surface area contributed by atoms with E-state index in [9.17, 15) is 13.9 Å². The van der Waals surface area contributed by atoms with Crippen LogP contribution in [0.2, 0.25) is 0 Å². The van der Waals surface area contributed by atoms with Gasteiger partial charge in [0.05, 0.1) is 6.10 Å². The molecule has 0 saturated heterocycles. The first-order valence-electron chi connectivity index (χ1n) is 6.59. The molecular formula is C17H18F2O. The van der Waals surface area contributed by atoms with Gasteiger partial charge in [-0.2, -0.15) is 0 Å². The zero-order valence-electron chi connectivity index (χ0n) is 11.6. The summed E-state index contributed by atoms with van der Waals surface area (Å²) < 4.78 is 27.3. The van der Waals surface area contributed by atoms with E-state index in [1.165, 1.54) is 18.2 Å². The summed E-state index contributed by atoms with van der Waals surface area (Å²) in [4.78, 5) is 0. The Labute approximate surface area is 117 Å². The average molecular weight is 276 g/mol. The molecule has 20 heavy (non-hydrogen) atoms. The highest BCUT2D eigenvalue weighted by Gasteiger charge is 2.31. The first-order chi connectivity index (χ1) is 9.43. The molecule has 0 bridgehead atoms. The zero-order valence-corrected chi connectivity index (χ0v) is 11.6. The van der Waals surface area contributed by atoms with Crippen LogP contribution in [0, 0.1) is 11.6 Å². The standard InChI is InChI=1S/C17H18F2O/c1-17(2,12-7-4-3-5-8-12)16(20)11-13-14(18)9-6-10-15(13)19/h3-10,16,20H,11H2,1-2H3.